The quantitative estimate of drug-likeness (QED) is 0.495. The minimum atomic E-state index is 0.536. The lowest BCUT2D eigenvalue weighted by molar-refractivity contribution is 0.527. The van der Waals surface area contributed by atoms with Gasteiger partial charge in [0, 0.05) is 17.5 Å². The van der Waals surface area contributed by atoms with Gasteiger partial charge in [-0.1, -0.05) is 38.7 Å². The number of aliphatic imine (C=N–C) groups is 1. The van der Waals surface area contributed by atoms with E-state index in [-0.39, 0.29) is 0 Å². The van der Waals surface area contributed by atoms with Crippen LogP contribution in [-0.4, -0.2) is 18.5 Å². The van der Waals surface area contributed by atoms with Gasteiger partial charge in [0.1, 0.15) is 0 Å². The van der Waals surface area contributed by atoms with E-state index in [4.69, 9.17) is 5.73 Å². The van der Waals surface area contributed by atoms with Crippen molar-refractivity contribution in [3.05, 3.63) is 22.4 Å². The molecule has 4 heteroatoms. The molecule has 1 heterocycles. The Morgan fingerprint density at radius 2 is 2.15 bits per heavy atom. The summed E-state index contributed by atoms with van der Waals surface area (Å²) >= 11 is 1.82. The minimum absolute atomic E-state index is 0.536. The van der Waals surface area contributed by atoms with E-state index in [1.807, 2.05) is 11.3 Å². The van der Waals surface area contributed by atoms with Gasteiger partial charge in [-0.25, -0.2) is 0 Å². The van der Waals surface area contributed by atoms with Crippen LogP contribution in [0.25, 0.3) is 0 Å². The van der Waals surface area contributed by atoms with Gasteiger partial charge in [-0.2, -0.15) is 0 Å². The lowest BCUT2D eigenvalue weighted by atomic mass is 10.1. The van der Waals surface area contributed by atoms with Crippen molar-refractivity contribution in [1.82, 2.24) is 5.32 Å². The molecule has 1 saturated carbocycles. The Bertz CT molecular complexity index is 392. The number of rotatable bonds is 5. The molecule has 1 unspecified atom stereocenters. The van der Waals surface area contributed by atoms with Crippen LogP contribution in [-0.2, 0) is 6.42 Å². The van der Waals surface area contributed by atoms with E-state index in [2.05, 4.69) is 34.7 Å². The van der Waals surface area contributed by atoms with Crippen LogP contribution in [0.3, 0.4) is 0 Å². The average molecular weight is 293 g/mol. The molecule has 3 N–H and O–H groups in total. The number of hydrogen-bond acceptors (Lipinski definition) is 2. The number of guanidine groups is 1. The zero-order chi connectivity index (χ0) is 14.2. The van der Waals surface area contributed by atoms with Gasteiger partial charge in [0.2, 0.25) is 0 Å². The van der Waals surface area contributed by atoms with Crippen molar-refractivity contribution in [1.29, 1.82) is 0 Å². The van der Waals surface area contributed by atoms with Crippen LogP contribution in [0.1, 0.15) is 50.3 Å². The summed E-state index contributed by atoms with van der Waals surface area (Å²) in [5.74, 6) is 1.18. The van der Waals surface area contributed by atoms with Crippen molar-refractivity contribution in [2.24, 2.45) is 16.6 Å². The van der Waals surface area contributed by atoms with E-state index in [0.29, 0.717) is 17.9 Å². The van der Waals surface area contributed by atoms with E-state index in [1.54, 1.807) is 0 Å². The highest BCUT2D eigenvalue weighted by molar-refractivity contribution is 7.09. The minimum Gasteiger partial charge on any atom is -0.370 e. The van der Waals surface area contributed by atoms with E-state index in [0.717, 1.165) is 13.0 Å². The van der Waals surface area contributed by atoms with Crippen molar-refractivity contribution >= 4 is 17.3 Å². The molecule has 1 aliphatic rings. The summed E-state index contributed by atoms with van der Waals surface area (Å²) in [5, 5.41) is 5.54. The molecule has 1 aromatic rings. The van der Waals surface area contributed by atoms with Gasteiger partial charge in [0.25, 0.3) is 0 Å². The van der Waals surface area contributed by atoms with Gasteiger partial charge in [-0.05, 0) is 36.6 Å². The maximum Gasteiger partial charge on any atom is 0.188 e. The third-order valence-corrected chi connectivity index (χ3v) is 4.81. The van der Waals surface area contributed by atoms with Gasteiger partial charge in [0.15, 0.2) is 5.96 Å². The smallest absolute Gasteiger partial charge is 0.188 e. The molecule has 3 nitrogen and oxygen atoms in total. The second kappa shape index (κ2) is 8.30. The van der Waals surface area contributed by atoms with Crippen LogP contribution in [0, 0.1) is 5.92 Å². The predicted octanol–water partition coefficient (Wildman–Crippen LogP) is 3.55. The maximum absolute atomic E-state index is 6.02. The van der Waals surface area contributed by atoms with Crippen LogP contribution in [0.2, 0.25) is 0 Å². The van der Waals surface area contributed by atoms with Gasteiger partial charge in [-0.3, -0.25) is 4.99 Å². The Labute approximate surface area is 126 Å². The molecule has 0 radical (unpaired) electrons. The van der Waals surface area contributed by atoms with Gasteiger partial charge in [0.05, 0.1) is 0 Å². The molecule has 1 fully saturated rings. The van der Waals surface area contributed by atoms with Crippen LogP contribution in [0.5, 0.6) is 0 Å². The average Bonchev–Trinajstić information content (AvgIpc) is 2.80. The number of nitrogens with one attached hydrogen (secondary N) is 1. The summed E-state index contributed by atoms with van der Waals surface area (Å²) < 4.78 is 0. The van der Waals surface area contributed by atoms with Crippen molar-refractivity contribution in [3.8, 4) is 0 Å². The van der Waals surface area contributed by atoms with E-state index in [9.17, 15) is 0 Å². The molecular formula is C16H27N3S. The largest absolute Gasteiger partial charge is 0.370 e. The van der Waals surface area contributed by atoms with Crippen molar-refractivity contribution < 1.29 is 0 Å². The lowest BCUT2D eigenvalue weighted by Crippen LogP contribution is -2.40. The number of nitrogens with two attached hydrogens (primary N) is 1. The molecule has 0 saturated heterocycles. The van der Waals surface area contributed by atoms with Gasteiger partial charge < -0.3 is 11.1 Å². The molecule has 1 aromatic heterocycles. The monoisotopic (exact) mass is 293 g/mol. The molecule has 0 spiro atoms. The Hall–Kier alpha value is -1.03. The molecule has 1 aliphatic carbocycles. The zero-order valence-electron chi connectivity index (χ0n) is 12.5. The summed E-state index contributed by atoms with van der Waals surface area (Å²) in [6, 6.07) is 4.84. The maximum atomic E-state index is 6.02. The second-order valence-electron chi connectivity index (χ2n) is 5.95. The highest BCUT2D eigenvalue weighted by Gasteiger charge is 2.12. The standard InChI is InChI=1S/C16H27N3S/c1-13(11-15-9-6-10-20-15)12-18-16(17)19-14-7-4-2-3-5-8-14/h6,9-10,13-14H,2-5,7-8,11-12H2,1H3,(H3,17,18,19). The molecule has 0 aliphatic heterocycles. The molecule has 1 atom stereocenters. The first-order valence-electron chi connectivity index (χ1n) is 7.83. The fraction of sp³-hybridized carbons (Fsp3) is 0.688. The Balaban J connectivity index is 1.72. The highest BCUT2D eigenvalue weighted by Crippen LogP contribution is 2.17. The van der Waals surface area contributed by atoms with Crippen molar-refractivity contribution in [2.45, 2.75) is 57.9 Å². The van der Waals surface area contributed by atoms with Gasteiger partial charge >= 0.3 is 0 Å². The first kappa shape index (κ1) is 15.4. The lowest BCUT2D eigenvalue weighted by Gasteiger charge is -2.17. The fourth-order valence-corrected chi connectivity index (χ4v) is 3.64. The number of nitrogens with zero attached hydrogens (tertiary/aromatic N) is 1. The second-order valence-corrected chi connectivity index (χ2v) is 6.98. The molecule has 2 rings (SSSR count). The van der Waals surface area contributed by atoms with Crippen LogP contribution < -0.4 is 11.1 Å². The molecule has 20 heavy (non-hydrogen) atoms. The Morgan fingerprint density at radius 1 is 1.40 bits per heavy atom. The highest BCUT2D eigenvalue weighted by atomic mass is 32.1. The first-order chi connectivity index (χ1) is 9.74. The topological polar surface area (TPSA) is 50.4 Å². The van der Waals surface area contributed by atoms with E-state index >= 15 is 0 Å². The SMILES string of the molecule is CC(CN=C(N)NC1CCCCCC1)Cc1cccs1. The normalized spacial score (nSPS) is 19.6. The van der Waals surface area contributed by atoms with Crippen molar-refractivity contribution in [3.63, 3.8) is 0 Å². The zero-order valence-corrected chi connectivity index (χ0v) is 13.3. The number of hydrogen-bond donors (Lipinski definition) is 2. The third kappa shape index (κ3) is 5.53. The van der Waals surface area contributed by atoms with Crippen LogP contribution in [0.15, 0.2) is 22.5 Å². The summed E-state index contributed by atoms with van der Waals surface area (Å²) in [4.78, 5) is 5.95. The summed E-state index contributed by atoms with van der Waals surface area (Å²) in [7, 11) is 0. The van der Waals surface area contributed by atoms with E-state index in [1.165, 1.54) is 43.4 Å². The molecule has 0 amide bonds. The van der Waals surface area contributed by atoms with Crippen molar-refractivity contribution in [2.75, 3.05) is 6.54 Å². The molecule has 0 bridgehead atoms. The number of thiophene rings is 1. The molecule has 112 valence electrons. The van der Waals surface area contributed by atoms with Gasteiger partial charge in [-0.15, -0.1) is 11.3 Å². The van der Waals surface area contributed by atoms with Crippen LogP contribution >= 0.6 is 11.3 Å². The molecule has 0 aromatic carbocycles. The Kier molecular flexibility index (Phi) is 6.37. The Morgan fingerprint density at radius 3 is 2.80 bits per heavy atom. The summed E-state index contributed by atoms with van der Waals surface area (Å²) in [6.45, 7) is 3.05. The summed E-state index contributed by atoms with van der Waals surface area (Å²) in [5.41, 5.74) is 6.02. The third-order valence-electron chi connectivity index (χ3n) is 3.91. The first-order valence-corrected chi connectivity index (χ1v) is 8.71. The van der Waals surface area contributed by atoms with E-state index < -0.39 is 0 Å². The molecular weight excluding hydrogens is 266 g/mol. The predicted molar refractivity (Wildman–Crippen MR) is 88.3 cm³/mol. The summed E-state index contributed by atoms with van der Waals surface area (Å²) in [6.07, 6.45) is 8.94. The fourth-order valence-electron chi connectivity index (χ4n) is 2.77. The van der Waals surface area contributed by atoms with Crippen LogP contribution in [0.4, 0.5) is 0 Å².